The molecule has 3 saturated carbocycles. The lowest BCUT2D eigenvalue weighted by atomic mass is 9.81. The van der Waals surface area contributed by atoms with Crippen molar-refractivity contribution in [2.45, 2.75) is 88.9 Å². The van der Waals surface area contributed by atoms with Crippen LogP contribution < -0.4 is 4.90 Å². The van der Waals surface area contributed by atoms with Crippen molar-refractivity contribution < 1.29 is 0 Å². The third-order valence-corrected chi connectivity index (χ3v) is 15.0. The molecule has 0 amide bonds. The van der Waals surface area contributed by atoms with Gasteiger partial charge < -0.3 is 4.90 Å². The first-order chi connectivity index (χ1) is 29.0. The Kier molecular flexibility index (Phi) is 9.18. The normalized spacial score (nSPS) is 20.3. The minimum atomic E-state index is -0.164. The molecular formula is C58H55N. The van der Waals surface area contributed by atoms with Crippen LogP contribution in [0.5, 0.6) is 0 Å². The zero-order chi connectivity index (χ0) is 39.5. The highest BCUT2D eigenvalue weighted by Gasteiger charge is 2.40. The van der Waals surface area contributed by atoms with E-state index in [0.29, 0.717) is 5.92 Å². The van der Waals surface area contributed by atoms with E-state index in [0.717, 1.165) is 17.8 Å². The molecule has 2 bridgehead atoms. The van der Waals surface area contributed by atoms with E-state index in [2.05, 4.69) is 183 Å². The molecule has 0 spiro atoms. The van der Waals surface area contributed by atoms with E-state index in [1.807, 2.05) is 0 Å². The standard InChI is InChI=1S/C58H55N/c1-58(2)56-37-45(52-20-12-11-18-50(52)41-15-7-4-8-16-41)27-33-53(56)54-34-32-48(38-57(54)58)59(47-30-25-43(26-31-47)55-36-39-21-22-44(55)35-39)46-28-23-42(24-29-46)51-19-10-9-17-49(51)40-13-5-3-6-14-40/h4,7-12,15-20,23-34,37-40,44,55H,3,5-6,13-14,21-22,35-36H2,1-2H3. The van der Waals surface area contributed by atoms with Gasteiger partial charge in [-0.05, 0) is 165 Å². The van der Waals surface area contributed by atoms with Crippen LogP contribution in [0.4, 0.5) is 17.1 Å². The number of rotatable bonds is 8. The molecule has 3 atom stereocenters. The first kappa shape index (κ1) is 36.4. The summed E-state index contributed by atoms with van der Waals surface area (Å²) in [5.74, 6) is 3.21. The van der Waals surface area contributed by atoms with Gasteiger partial charge in [0.25, 0.3) is 0 Å². The van der Waals surface area contributed by atoms with Crippen molar-refractivity contribution in [3.8, 4) is 44.5 Å². The van der Waals surface area contributed by atoms with Crippen LogP contribution in [0.2, 0.25) is 0 Å². The topological polar surface area (TPSA) is 3.24 Å². The average Bonchev–Trinajstić information content (AvgIpc) is 4.00. The van der Waals surface area contributed by atoms with Crippen molar-refractivity contribution in [3.63, 3.8) is 0 Å². The van der Waals surface area contributed by atoms with Gasteiger partial charge in [-0.15, -0.1) is 0 Å². The quantitative estimate of drug-likeness (QED) is 0.149. The van der Waals surface area contributed by atoms with Gasteiger partial charge in [0.1, 0.15) is 0 Å². The third-order valence-electron chi connectivity index (χ3n) is 15.0. The molecule has 1 heteroatoms. The molecule has 3 fully saturated rings. The third kappa shape index (κ3) is 6.46. The van der Waals surface area contributed by atoms with Crippen LogP contribution in [0.15, 0.2) is 164 Å². The molecule has 0 N–H and O–H groups in total. The molecule has 3 unspecified atom stereocenters. The van der Waals surface area contributed by atoms with Gasteiger partial charge in [-0.2, -0.15) is 0 Å². The number of anilines is 3. The molecular weight excluding hydrogens is 711 g/mol. The predicted octanol–water partition coefficient (Wildman–Crippen LogP) is 16.4. The van der Waals surface area contributed by atoms with Crippen molar-refractivity contribution >= 4 is 17.1 Å². The van der Waals surface area contributed by atoms with Gasteiger partial charge in [0, 0.05) is 22.5 Å². The number of fused-ring (bicyclic) bond motifs is 5. The molecule has 4 aliphatic rings. The predicted molar refractivity (Wildman–Crippen MR) is 249 cm³/mol. The summed E-state index contributed by atoms with van der Waals surface area (Å²) in [7, 11) is 0. The molecule has 0 saturated heterocycles. The smallest absolute Gasteiger partial charge is 0.0465 e. The van der Waals surface area contributed by atoms with E-state index in [9.17, 15) is 0 Å². The summed E-state index contributed by atoms with van der Waals surface area (Å²) < 4.78 is 0. The largest absolute Gasteiger partial charge is 0.310 e. The van der Waals surface area contributed by atoms with E-state index in [-0.39, 0.29) is 5.41 Å². The second kappa shape index (κ2) is 14.9. The lowest BCUT2D eigenvalue weighted by Gasteiger charge is -2.29. The summed E-state index contributed by atoms with van der Waals surface area (Å²) in [5, 5.41) is 0. The van der Waals surface area contributed by atoms with E-state index in [1.165, 1.54) is 142 Å². The highest BCUT2D eigenvalue weighted by Crippen LogP contribution is 2.54. The van der Waals surface area contributed by atoms with Crippen LogP contribution in [-0.2, 0) is 5.41 Å². The number of hydrogen-bond acceptors (Lipinski definition) is 1. The highest BCUT2D eigenvalue weighted by molar-refractivity contribution is 5.90. The van der Waals surface area contributed by atoms with Crippen LogP contribution in [0.1, 0.15) is 106 Å². The van der Waals surface area contributed by atoms with Crippen molar-refractivity contribution in [1.82, 2.24) is 0 Å². The molecule has 11 rings (SSSR count). The monoisotopic (exact) mass is 765 g/mol. The lowest BCUT2D eigenvalue weighted by Crippen LogP contribution is -2.17. The Morgan fingerprint density at radius 2 is 1.02 bits per heavy atom. The summed E-state index contributed by atoms with van der Waals surface area (Å²) in [4.78, 5) is 2.50. The van der Waals surface area contributed by atoms with Crippen LogP contribution in [0, 0.1) is 11.8 Å². The summed E-state index contributed by atoms with van der Waals surface area (Å²) in [5.41, 5.74) is 19.8. The van der Waals surface area contributed by atoms with Crippen LogP contribution in [0.25, 0.3) is 44.5 Å². The first-order valence-corrected chi connectivity index (χ1v) is 22.5. The molecule has 7 aromatic carbocycles. The maximum Gasteiger partial charge on any atom is 0.0465 e. The van der Waals surface area contributed by atoms with E-state index >= 15 is 0 Å². The Balaban J connectivity index is 0.971. The van der Waals surface area contributed by atoms with Crippen molar-refractivity contribution in [2.75, 3.05) is 4.90 Å². The number of benzene rings is 7. The summed E-state index contributed by atoms with van der Waals surface area (Å²) >= 11 is 0. The molecule has 0 heterocycles. The summed E-state index contributed by atoms with van der Waals surface area (Å²) in [6.07, 6.45) is 12.3. The Morgan fingerprint density at radius 3 is 1.71 bits per heavy atom. The van der Waals surface area contributed by atoms with E-state index in [4.69, 9.17) is 0 Å². The number of nitrogens with zero attached hydrogens (tertiary/aromatic N) is 1. The number of hydrogen-bond donors (Lipinski definition) is 0. The fraction of sp³-hybridized carbons (Fsp3) is 0.276. The van der Waals surface area contributed by atoms with Crippen molar-refractivity contribution in [1.29, 1.82) is 0 Å². The van der Waals surface area contributed by atoms with Crippen molar-refractivity contribution in [3.05, 3.63) is 186 Å². The highest BCUT2D eigenvalue weighted by atomic mass is 15.1. The zero-order valence-corrected chi connectivity index (χ0v) is 34.7. The average molecular weight is 766 g/mol. The summed E-state index contributed by atoms with van der Waals surface area (Å²) in [6.45, 7) is 4.84. The van der Waals surface area contributed by atoms with Gasteiger partial charge in [0.2, 0.25) is 0 Å². The molecule has 59 heavy (non-hydrogen) atoms. The molecule has 7 aromatic rings. The van der Waals surface area contributed by atoms with Crippen LogP contribution >= 0.6 is 0 Å². The van der Waals surface area contributed by atoms with Crippen molar-refractivity contribution in [2.24, 2.45) is 11.8 Å². The van der Waals surface area contributed by atoms with E-state index in [1.54, 1.807) is 0 Å². The van der Waals surface area contributed by atoms with Gasteiger partial charge >= 0.3 is 0 Å². The minimum Gasteiger partial charge on any atom is -0.310 e. The summed E-state index contributed by atoms with van der Waals surface area (Å²) in [6, 6.07) is 62.4. The fourth-order valence-electron chi connectivity index (χ4n) is 11.9. The first-order valence-electron chi connectivity index (χ1n) is 22.5. The van der Waals surface area contributed by atoms with Gasteiger partial charge in [0.05, 0.1) is 0 Å². The van der Waals surface area contributed by atoms with Gasteiger partial charge in [-0.1, -0.05) is 161 Å². The second-order valence-electron chi connectivity index (χ2n) is 18.7. The van der Waals surface area contributed by atoms with Gasteiger partial charge in [0.15, 0.2) is 0 Å². The Labute approximate surface area is 351 Å². The SMILES string of the molecule is CC1(C)c2cc(-c3ccccc3-c3ccccc3)ccc2-c2ccc(N(c3ccc(-c4ccccc4C4CCCCC4)cc3)c3ccc(C4CC5CCC4C5)cc3)cc21. The maximum atomic E-state index is 2.50. The second-order valence-corrected chi connectivity index (χ2v) is 18.7. The van der Waals surface area contributed by atoms with E-state index < -0.39 is 0 Å². The molecule has 292 valence electrons. The zero-order valence-electron chi connectivity index (χ0n) is 34.7. The fourth-order valence-corrected chi connectivity index (χ4v) is 11.9. The Morgan fingerprint density at radius 1 is 0.441 bits per heavy atom. The Hall–Kier alpha value is -5.66. The van der Waals surface area contributed by atoms with Crippen LogP contribution in [-0.4, -0.2) is 0 Å². The molecule has 0 aromatic heterocycles. The van der Waals surface area contributed by atoms with Gasteiger partial charge in [-0.3, -0.25) is 0 Å². The molecule has 0 aliphatic heterocycles. The van der Waals surface area contributed by atoms with Crippen LogP contribution in [0.3, 0.4) is 0 Å². The maximum absolute atomic E-state index is 2.50. The molecule has 1 nitrogen and oxygen atoms in total. The van der Waals surface area contributed by atoms with Gasteiger partial charge in [-0.25, -0.2) is 0 Å². The molecule has 4 aliphatic carbocycles. The minimum absolute atomic E-state index is 0.164. The molecule has 0 radical (unpaired) electrons. The lowest BCUT2D eigenvalue weighted by molar-refractivity contribution is 0.420. The Bertz CT molecular complexity index is 2630.